The number of nitrogens with zero attached hydrogens (tertiary/aromatic N) is 6. The lowest BCUT2D eigenvalue weighted by atomic mass is 9.92. The second kappa shape index (κ2) is 16.0. The SMILES string of the molecule is CCNc1nc(OC)nc2c(F)c(-c3ccc(F)c4sc(N)c(C#N)c34)c(C(F)(F)F)cc12.FC1CC2CCCN2C1.c1ccc(N2CCCC2)nc1. The summed E-state index contributed by atoms with van der Waals surface area (Å²) in [5, 5.41) is 11.8. The van der Waals surface area contributed by atoms with Crippen LogP contribution < -0.4 is 20.7 Å². The first-order valence-corrected chi connectivity index (χ1v) is 18.1. The highest BCUT2D eigenvalue weighted by molar-refractivity contribution is 7.23. The van der Waals surface area contributed by atoms with Crippen LogP contribution in [-0.2, 0) is 6.18 Å². The molecule has 5 aromatic rings. The van der Waals surface area contributed by atoms with E-state index in [4.69, 9.17) is 10.5 Å². The Hall–Kier alpha value is -4.88. The van der Waals surface area contributed by atoms with Gasteiger partial charge in [0.25, 0.3) is 0 Å². The van der Waals surface area contributed by atoms with Crippen molar-refractivity contribution in [2.75, 3.05) is 55.8 Å². The van der Waals surface area contributed by atoms with Gasteiger partial charge in [-0.1, -0.05) is 12.1 Å². The summed E-state index contributed by atoms with van der Waals surface area (Å²) in [5.41, 5.74) is 2.59. The lowest BCUT2D eigenvalue weighted by molar-refractivity contribution is -0.137. The number of hydrogen-bond donors (Lipinski definition) is 2. The number of benzene rings is 2. The number of ether oxygens (including phenoxy) is 1. The third-order valence-corrected chi connectivity index (χ3v) is 10.5. The van der Waals surface area contributed by atoms with E-state index in [0.29, 0.717) is 23.9 Å². The van der Waals surface area contributed by atoms with Crippen molar-refractivity contribution in [2.45, 2.75) is 57.4 Å². The average molecular weight is 757 g/mol. The minimum Gasteiger partial charge on any atom is -0.467 e. The number of nitrogens with two attached hydrogens (primary N) is 1. The standard InChI is InChI=1S/C21H14F5N5OS.C9H12N2.C7H12FN/c1-3-29-19-9-6-11(21(24,25)26)14(15(23)16(9)30-20(31-19)32-2)8-4-5-12(22)17-13(8)10(7-27)18(28)33-17;1-2-6-10-9(5-1)11-7-3-4-8-11;8-6-4-7-2-1-3-9(7)5-6/h4-6H,3,28H2,1-2H3,(H,29,30,31);1-2,5-6H,3-4,7-8H2;6-7H,1-5H2. The molecule has 0 spiro atoms. The molecule has 280 valence electrons. The second-order valence-electron chi connectivity index (χ2n) is 12.9. The Kier molecular flexibility index (Phi) is 11.4. The normalized spacial score (nSPS) is 18.3. The number of fused-ring (bicyclic) bond motifs is 3. The van der Waals surface area contributed by atoms with E-state index in [9.17, 15) is 27.2 Å². The Labute approximate surface area is 306 Å². The first-order chi connectivity index (χ1) is 25.4. The molecule has 2 aromatic carbocycles. The highest BCUT2D eigenvalue weighted by atomic mass is 32.1. The van der Waals surface area contributed by atoms with Crippen molar-refractivity contribution in [1.29, 1.82) is 5.26 Å². The fourth-order valence-electron chi connectivity index (χ4n) is 7.11. The van der Waals surface area contributed by atoms with E-state index >= 15 is 4.39 Å². The maximum Gasteiger partial charge on any atom is 0.417 e. The van der Waals surface area contributed by atoms with Gasteiger partial charge in [0.05, 0.1) is 22.9 Å². The van der Waals surface area contributed by atoms with Crippen molar-refractivity contribution in [3.63, 3.8) is 0 Å². The van der Waals surface area contributed by atoms with Gasteiger partial charge in [0.1, 0.15) is 40.2 Å². The Morgan fingerprint density at radius 2 is 1.87 bits per heavy atom. The van der Waals surface area contributed by atoms with Crippen molar-refractivity contribution in [3.8, 4) is 23.2 Å². The van der Waals surface area contributed by atoms with E-state index in [-0.39, 0.29) is 50.0 Å². The number of hydrogen-bond acceptors (Lipinski definition) is 10. The Balaban J connectivity index is 0.000000192. The topological polar surface area (TPSA) is 116 Å². The molecule has 3 saturated heterocycles. The summed E-state index contributed by atoms with van der Waals surface area (Å²) in [6, 6.07) is 10.8. The summed E-state index contributed by atoms with van der Waals surface area (Å²) in [4.78, 5) is 16.8. The lowest BCUT2D eigenvalue weighted by Gasteiger charge is -2.18. The quantitative estimate of drug-likeness (QED) is 0.170. The van der Waals surface area contributed by atoms with E-state index < -0.39 is 40.6 Å². The minimum atomic E-state index is -5.00. The lowest BCUT2D eigenvalue weighted by Crippen LogP contribution is -2.22. The first kappa shape index (κ1) is 37.9. The highest BCUT2D eigenvalue weighted by Crippen LogP contribution is 2.47. The van der Waals surface area contributed by atoms with Gasteiger partial charge in [-0.05, 0) is 75.4 Å². The van der Waals surface area contributed by atoms with Gasteiger partial charge < -0.3 is 20.7 Å². The van der Waals surface area contributed by atoms with Gasteiger partial charge in [-0.3, -0.25) is 4.90 Å². The molecule has 53 heavy (non-hydrogen) atoms. The van der Waals surface area contributed by atoms with Crippen LogP contribution in [0, 0.1) is 23.0 Å². The number of aromatic nitrogens is 3. The fourth-order valence-corrected chi connectivity index (χ4v) is 8.06. The molecule has 0 aliphatic carbocycles. The molecule has 2 atom stereocenters. The third-order valence-electron chi connectivity index (χ3n) is 9.48. The summed E-state index contributed by atoms with van der Waals surface area (Å²) in [5.74, 6) is -1.02. The number of anilines is 3. The number of halogens is 6. The van der Waals surface area contributed by atoms with Crippen LogP contribution in [0.25, 0.3) is 32.1 Å². The molecule has 3 aliphatic rings. The van der Waals surface area contributed by atoms with Gasteiger partial charge >= 0.3 is 12.2 Å². The number of thiophene rings is 1. The van der Waals surface area contributed by atoms with Gasteiger partial charge in [-0.15, -0.1) is 11.3 Å². The van der Waals surface area contributed by atoms with Crippen LogP contribution in [0.3, 0.4) is 0 Å². The molecule has 0 bridgehead atoms. The molecular weight excluding hydrogens is 719 g/mol. The minimum absolute atomic E-state index is 0.0444. The summed E-state index contributed by atoms with van der Waals surface area (Å²) in [7, 11) is 1.23. The maximum atomic E-state index is 15.9. The number of methoxy groups -OCH3 is 1. The van der Waals surface area contributed by atoms with Crippen LogP contribution in [-0.4, -0.2) is 71.9 Å². The van der Waals surface area contributed by atoms with Crippen molar-refractivity contribution in [3.05, 3.63) is 65.4 Å². The maximum absolute atomic E-state index is 15.9. The second-order valence-corrected chi connectivity index (χ2v) is 13.9. The molecule has 0 saturated carbocycles. The van der Waals surface area contributed by atoms with Gasteiger partial charge in [0.2, 0.25) is 0 Å². The van der Waals surface area contributed by atoms with E-state index in [1.807, 2.05) is 18.3 Å². The zero-order valence-corrected chi connectivity index (χ0v) is 29.9. The number of nitriles is 1. The molecule has 3 aromatic heterocycles. The number of nitrogens with one attached hydrogen (secondary N) is 1. The van der Waals surface area contributed by atoms with Crippen molar-refractivity contribution in [2.24, 2.45) is 0 Å². The van der Waals surface area contributed by atoms with Crippen LogP contribution >= 0.6 is 11.3 Å². The molecule has 16 heteroatoms. The van der Waals surface area contributed by atoms with Gasteiger partial charge in [0.15, 0.2) is 5.82 Å². The third kappa shape index (κ3) is 7.91. The fraction of sp³-hybridized carbons (Fsp3) is 0.405. The Morgan fingerprint density at radius 3 is 2.51 bits per heavy atom. The van der Waals surface area contributed by atoms with Crippen molar-refractivity contribution >= 4 is 49.0 Å². The van der Waals surface area contributed by atoms with E-state index in [2.05, 4.69) is 36.1 Å². The average Bonchev–Trinajstić information content (AvgIpc) is 3.95. The summed E-state index contributed by atoms with van der Waals surface area (Å²) in [6.45, 7) is 6.19. The molecule has 0 amide bonds. The predicted molar refractivity (Wildman–Crippen MR) is 195 cm³/mol. The molecule has 9 nitrogen and oxygen atoms in total. The molecule has 3 aliphatic heterocycles. The predicted octanol–water partition coefficient (Wildman–Crippen LogP) is 8.58. The van der Waals surface area contributed by atoms with Crippen LogP contribution in [0.15, 0.2) is 42.6 Å². The van der Waals surface area contributed by atoms with Gasteiger partial charge in [-0.2, -0.15) is 28.4 Å². The van der Waals surface area contributed by atoms with Gasteiger partial charge in [-0.25, -0.2) is 18.2 Å². The monoisotopic (exact) mass is 756 g/mol. The summed E-state index contributed by atoms with van der Waals surface area (Å²) in [6.07, 6.45) is 2.30. The largest absolute Gasteiger partial charge is 0.467 e. The number of rotatable bonds is 5. The van der Waals surface area contributed by atoms with Crippen LogP contribution in [0.2, 0.25) is 0 Å². The smallest absolute Gasteiger partial charge is 0.417 e. The van der Waals surface area contributed by atoms with Crippen LogP contribution in [0.5, 0.6) is 6.01 Å². The van der Waals surface area contributed by atoms with E-state index in [1.54, 1.807) is 13.0 Å². The van der Waals surface area contributed by atoms with Gasteiger partial charge in [0, 0.05) is 54.8 Å². The Bertz CT molecular complexity index is 2110. The summed E-state index contributed by atoms with van der Waals surface area (Å²) >= 11 is 0.698. The molecule has 3 fully saturated rings. The summed E-state index contributed by atoms with van der Waals surface area (Å²) < 4.78 is 90.2. The first-order valence-electron chi connectivity index (χ1n) is 17.3. The number of alkyl halides is 4. The molecule has 6 heterocycles. The number of pyridine rings is 1. The zero-order chi connectivity index (χ0) is 37.9. The number of nitrogen functional groups attached to an aromatic ring is 1. The van der Waals surface area contributed by atoms with Crippen molar-refractivity contribution in [1.82, 2.24) is 19.9 Å². The van der Waals surface area contributed by atoms with Crippen molar-refractivity contribution < 1.29 is 31.1 Å². The zero-order valence-electron chi connectivity index (χ0n) is 29.1. The molecule has 8 rings (SSSR count). The van der Waals surface area contributed by atoms with Crippen LogP contribution in [0.1, 0.15) is 50.2 Å². The molecule has 3 N–H and O–H groups in total. The molecular formula is C37H38F6N8OS. The highest BCUT2D eigenvalue weighted by Gasteiger charge is 2.38. The molecule has 0 radical (unpaired) electrons. The molecule has 2 unspecified atom stereocenters. The van der Waals surface area contributed by atoms with E-state index in [1.165, 1.54) is 45.9 Å². The van der Waals surface area contributed by atoms with Crippen LogP contribution in [0.4, 0.5) is 43.0 Å². The Morgan fingerprint density at radius 1 is 1.09 bits per heavy atom. The van der Waals surface area contributed by atoms with E-state index in [0.717, 1.165) is 37.0 Å².